The van der Waals surface area contributed by atoms with Crippen LogP contribution in [0.2, 0.25) is 0 Å². The van der Waals surface area contributed by atoms with Gasteiger partial charge in [0.1, 0.15) is 0 Å². The van der Waals surface area contributed by atoms with Crippen LogP contribution < -0.4 is 11.5 Å². The van der Waals surface area contributed by atoms with Crippen molar-refractivity contribution in [2.45, 2.75) is 33.6 Å². The summed E-state index contributed by atoms with van der Waals surface area (Å²) in [6, 6.07) is 0. The molecular weight excluding hydrogens is 148 g/mol. The summed E-state index contributed by atoms with van der Waals surface area (Å²) in [6.45, 7) is 6.40. The summed E-state index contributed by atoms with van der Waals surface area (Å²) in [5.74, 6) is 0.504. The van der Waals surface area contributed by atoms with Crippen LogP contribution in [0.5, 0.6) is 0 Å². The molecule has 0 fully saturated rings. The number of nitrogens with two attached hydrogens (primary N) is 2. The van der Waals surface area contributed by atoms with Gasteiger partial charge in [-0.3, -0.25) is 0 Å². The smallest absolute Gasteiger partial charge is 0.00236 e. The van der Waals surface area contributed by atoms with E-state index in [0.29, 0.717) is 5.92 Å². The molecule has 12 heavy (non-hydrogen) atoms. The Balaban J connectivity index is 4.56. The third-order valence-electron chi connectivity index (χ3n) is 2.28. The second-order valence-electron chi connectivity index (χ2n) is 2.98. The van der Waals surface area contributed by atoms with Crippen molar-refractivity contribution in [3.8, 4) is 0 Å². The predicted molar refractivity (Wildman–Crippen MR) is 54.3 cm³/mol. The lowest BCUT2D eigenvalue weighted by Crippen LogP contribution is -2.05. The van der Waals surface area contributed by atoms with E-state index >= 15 is 0 Å². The van der Waals surface area contributed by atoms with Crippen LogP contribution in [0.4, 0.5) is 0 Å². The highest BCUT2D eigenvalue weighted by molar-refractivity contribution is 5.30. The normalized spacial score (nSPS) is 16.2. The summed E-state index contributed by atoms with van der Waals surface area (Å²) in [5.41, 5.74) is 13.4. The van der Waals surface area contributed by atoms with Gasteiger partial charge in [0.2, 0.25) is 0 Å². The maximum absolute atomic E-state index is 5.54. The first-order valence-electron chi connectivity index (χ1n) is 4.54. The molecule has 0 aromatic carbocycles. The fraction of sp³-hybridized carbons (Fsp3) is 0.600. The Hall–Kier alpha value is -0.920. The van der Waals surface area contributed by atoms with Gasteiger partial charge >= 0.3 is 0 Å². The van der Waals surface area contributed by atoms with Gasteiger partial charge in [0.25, 0.3) is 0 Å². The van der Waals surface area contributed by atoms with Gasteiger partial charge in [0.15, 0.2) is 0 Å². The van der Waals surface area contributed by atoms with E-state index in [1.807, 2.05) is 0 Å². The molecule has 0 heterocycles. The van der Waals surface area contributed by atoms with E-state index in [9.17, 15) is 0 Å². The summed E-state index contributed by atoms with van der Waals surface area (Å²) in [5, 5.41) is 0. The number of hydrogen-bond donors (Lipinski definition) is 2. The molecule has 0 aromatic heterocycles. The molecule has 70 valence electrons. The maximum atomic E-state index is 5.54. The fourth-order valence-electron chi connectivity index (χ4n) is 1.23. The van der Waals surface area contributed by atoms with E-state index in [0.717, 1.165) is 18.4 Å². The van der Waals surface area contributed by atoms with Crippen molar-refractivity contribution in [2.75, 3.05) is 0 Å². The van der Waals surface area contributed by atoms with E-state index in [1.54, 1.807) is 12.4 Å². The molecule has 0 saturated heterocycles. The summed E-state index contributed by atoms with van der Waals surface area (Å²) in [6.07, 6.45) is 5.38. The fourth-order valence-corrected chi connectivity index (χ4v) is 1.23. The van der Waals surface area contributed by atoms with Crippen LogP contribution in [0.15, 0.2) is 23.5 Å². The zero-order chi connectivity index (χ0) is 9.56. The zero-order valence-electron chi connectivity index (χ0n) is 8.30. The molecule has 2 nitrogen and oxygen atoms in total. The Labute approximate surface area is 75.3 Å². The average Bonchev–Trinajstić information content (AvgIpc) is 2.12. The summed E-state index contributed by atoms with van der Waals surface area (Å²) in [4.78, 5) is 0. The number of hydrogen-bond acceptors (Lipinski definition) is 2. The van der Waals surface area contributed by atoms with Crippen LogP contribution in [0.25, 0.3) is 0 Å². The van der Waals surface area contributed by atoms with Crippen molar-refractivity contribution in [3.05, 3.63) is 23.5 Å². The SMILES string of the molecule is CCC(=C/N)/C(=C\N)C(C)CC. The minimum Gasteiger partial charge on any atom is -0.404 e. The van der Waals surface area contributed by atoms with Crippen LogP contribution >= 0.6 is 0 Å². The molecule has 0 saturated carbocycles. The third kappa shape index (κ3) is 2.61. The molecule has 0 aliphatic rings. The first kappa shape index (κ1) is 11.1. The molecule has 0 bridgehead atoms. The van der Waals surface area contributed by atoms with Crippen molar-refractivity contribution < 1.29 is 0 Å². The van der Waals surface area contributed by atoms with Gasteiger partial charge in [-0.2, -0.15) is 0 Å². The highest BCUT2D eigenvalue weighted by Gasteiger charge is 2.09. The molecular formula is C10H20N2. The number of allylic oxidation sites excluding steroid dienone is 2. The Morgan fingerprint density at radius 3 is 2.08 bits per heavy atom. The molecule has 1 atom stereocenters. The van der Waals surface area contributed by atoms with Crippen molar-refractivity contribution >= 4 is 0 Å². The lowest BCUT2D eigenvalue weighted by molar-refractivity contribution is 0.654. The van der Waals surface area contributed by atoms with E-state index in [2.05, 4.69) is 20.8 Å². The molecule has 1 unspecified atom stereocenters. The minimum atomic E-state index is 0.504. The Morgan fingerprint density at radius 1 is 1.25 bits per heavy atom. The van der Waals surface area contributed by atoms with Crippen LogP contribution in [0, 0.1) is 5.92 Å². The maximum Gasteiger partial charge on any atom is -0.00236 e. The van der Waals surface area contributed by atoms with Gasteiger partial charge in [-0.1, -0.05) is 20.8 Å². The highest BCUT2D eigenvalue weighted by Crippen LogP contribution is 2.22. The second-order valence-corrected chi connectivity index (χ2v) is 2.98. The Bertz CT molecular complexity index is 180. The molecule has 4 N–H and O–H groups in total. The van der Waals surface area contributed by atoms with Crippen LogP contribution in [-0.4, -0.2) is 0 Å². The largest absolute Gasteiger partial charge is 0.404 e. The monoisotopic (exact) mass is 168 g/mol. The molecule has 0 aliphatic heterocycles. The second kappa shape index (κ2) is 5.70. The first-order chi connectivity index (χ1) is 5.71. The molecule has 0 spiro atoms. The van der Waals surface area contributed by atoms with E-state index in [1.165, 1.54) is 5.57 Å². The van der Waals surface area contributed by atoms with Gasteiger partial charge in [-0.05, 0) is 42.3 Å². The summed E-state index contributed by atoms with van der Waals surface area (Å²) in [7, 11) is 0. The Kier molecular flexibility index (Phi) is 5.26. The first-order valence-corrected chi connectivity index (χ1v) is 4.54. The number of rotatable bonds is 4. The van der Waals surface area contributed by atoms with Crippen LogP contribution in [0.3, 0.4) is 0 Å². The van der Waals surface area contributed by atoms with E-state index < -0.39 is 0 Å². The molecule has 2 heteroatoms. The van der Waals surface area contributed by atoms with Crippen molar-refractivity contribution in [1.29, 1.82) is 0 Å². The van der Waals surface area contributed by atoms with E-state index in [-0.39, 0.29) is 0 Å². The van der Waals surface area contributed by atoms with Gasteiger partial charge in [0.05, 0.1) is 0 Å². The van der Waals surface area contributed by atoms with Crippen LogP contribution in [0.1, 0.15) is 33.6 Å². The Morgan fingerprint density at radius 2 is 1.83 bits per heavy atom. The molecule has 0 aromatic rings. The lowest BCUT2D eigenvalue weighted by atomic mass is 9.92. The van der Waals surface area contributed by atoms with Gasteiger partial charge < -0.3 is 11.5 Å². The average molecular weight is 168 g/mol. The quantitative estimate of drug-likeness (QED) is 0.632. The van der Waals surface area contributed by atoms with Crippen molar-refractivity contribution in [3.63, 3.8) is 0 Å². The molecule has 0 amide bonds. The van der Waals surface area contributed by atoms with E-state index in [4.69, 9.17) is 11.5 Å². The predicted octanol–water partition coefficient (Wildman–Crippen LogP) is 2.13. The topological polar surface area (TPSA) is 52.0 Å². The third-order valence-corrected chi connectivity index (χ3v) is 2.28. The summed E-state index contributed by atoms with van der Waals surface area (Å²) < 4.78 is 0. The molecule has 0 radical (unpaired) electrons. The van der Waals surface area contributed by atoms with Gasteiger partial charge in [-0.15, -0.1) is 0 Å². The lowest BCUT2D eigenvalue weighted by Gasteiger charge is -2.15. The molecule has 0 aliphatic carbocycles. The molecule has 0 rings (SSSR count). The zero-order valence-corrected chi connectivity index (χ0v) is 8.30. The van der Waals surface area contributed by atoms with Crippen molar-refractivity contribution in [1.82, 2.24) is 0 Å². The van der Waals surface area contributed by atoms with Crippen molar-refractivity contribution in [2.24, 2.45) is 17.4 Å². The van der Waals surface area contributed by atoms with Crippen LogP contribution in [-0.2, 0) is 0 Å². The van der Waals surface area contributed by atoms with Gasteiger partial charge in [0, 0.05) is 0 Å². The summed E-state index contributed by atoms with van der Waals surface area (Å²) >= 11 is 0. The minimum absolute atomic E-state index is 0.504. The standard InChI is InChI=1S/C10H20N2/c1-4-8(3)10(7-12)9(5-2)6-11/h6-8H,4-5,11-12H2,1-3H3/b9-6-,10-7-. The van der Waals surface area contributed by atoms with Gasteiger partial charge in [-0.25, -0.2) is 0 Å². The highest BCUT2D eigenvalue weighted by atomic mass is 14.5.